The van der Waals surface area contributed by atoms with Gasteiger partial charge in [-0.1, -0.05) is 20.3 Å². The average Bonchev–Trinajstić information content (AvgIpc) is 2.94. The van der Waals surface area contributed by atoms with E-state index in [-0.39, 0.29) is 20.7 Å². The predicted molar refractivity (Wildman–Crippen MR) is 87.4 cm³/mol. The number of sulfonamides is 1. The van der Waals surface area contributed by atoms with E-state index < -0.39 is 30.6 Å². The molecule has 2 unspecified atom stereocenters. The second-order valence-corrected chi connectivity index (χ2v) is 11.2. The fourth-order valence-electron chi connectivity index (χ4n) is 2.88. The lowest BCUT2D eigenvalue weighted by Crippen LogP contribution is -2.44. The van der Waals surface area contributed by atoms with Crippen molar-refractivity contribution in [3.63, 3.8) is 0 Å². The van der Waals surface area contributed by atoms with Crippen LogP contribution in [0.15, 0.2) is 14.5 Å². The summed E-state index contributed by atoms with van der Waals surface area (Å²) < 4.78 is 47.5. The standard InChI is InChI=1S/C13H20N2O5S3/c1-4-6-13(3)11(15-9(16)5-2)8-7-10(23(14,19)20)21-12(8)22(13,17)18/h7,11H,4-6H2,1-3H3,(H,15,16)(H2,14,19,20). The van der Waals surface area contributed by atoms with Crippen LogP contribution in [0.1, 0.15) is 51.6 Å². The molecule has 3 N–H and O–H groups in total. The second-order valence-electron chi connectivity index (χ2n) is 5.77. The van der Waals surface area contributed by atoms with Gasteiger partial charge in [0, 0.05) is 12.0 Å². The molecule has 1 aromatic rings. The van der Waals surface area contributed by atoms with Gasteiger partial charge in [0.1, 0.15) is 8.42 Å². The molecule has 0 aromatic carbocycles. The Kier molecular flexibility index (Phi) is 4.66. The number of rotatable bonds is 5. The van der Waals surface area contributed by atoms with Crippen molar-refractivity contribution in [1.82, 2.24) is 5.32 Å². The summed E-state index contributed by atoms with van der Waals surface area (Å²) in [4.78, 5) is 11.8. The van der Waals surface area contributed by atoms with Gasteiger partial charge in [0.25, 0.3) is 0 Å². The van der Waals surface area contributed by atoms with Gasteiger partial charge in [-0.05, 0) is 19.4 Å². The predicted octanol–water partition coefficient (Wildman–Crippen LogP) is 1.31. The normalized spacial score (nSPS) is 26.0. The molecule has 1 amide bonds. The summed E-state index contributed by atoms with van der Waals surface area (Å²) in [7, 11) is -7.76. The number of nitrogens with two attached hydrogens (primary N) is 1. The van der Waals surface area contributed by atoms with Crippen LogP contribution in [-0.2, 0) is 24.7 Å². The summed E-state index contributed by atoms with van der Waals surface area (Å²) in [5.74, 6) is -0.288. The number of nitrogens with one attached hydrogen (secondary N) is 1. The molecule has 0 bridgehead atoms. The first kappa shape index (κ1) is 18.4. The third-order valence-electron chi connectivity index (χ3n) is 4.14. The van der Waals surface area contributed by atoms with Crippen LogP contribution < -0.4 is 10.5 Å². The van der Waals surface area contributed by atoms with Crippen molar-refractivity contribution >= 4 is 37.1 Å². The first-order valence-electron chi connectivity index (χ1n) is 7.19. The Bertz CT molecular complexity index is 841. The minimum Gasteiger partial charge on any atom is -0.348 e. The van der Waals surface area contributed by atoms with Crippen molar-refractivity contribution in [3.8, 4) is 0 Å². The summed E-state index contributed by atoms with van der Waals surface area (Å²) in [6.07, 6.45) is 1.18. The topological polar surface area (TPSA) is 123 Å². The maximum atomic E-state index is 12.9. The number of thiophene rings is 1. The van der Waals surface area contributed by atoms with Crippen LogP contribution in [0.2, 0.25) is 0 Å². The second kappa shape index (κ2) is 5.83. The Morgan fingerprint density at radius 3 is 2.52 bits per heavy atom. The van der Waals surface area contributed by atoms with Gasteiger partial charge in [0.15, 0.2) is 9.84 Å². The van der Waals surface area contributed by atoms with E-state index >= 15 is 0 Å². The molecule has 1 aliphatic rings. The van der Waals surface area contributed by atoms with Crippen LogP contribution in [-0.4, -0.2) is 27.5 Å². The van der Waals surface area contributed by atoms with Crippen LogP contribution in [0, 0.1) is 0 Å². The highest BCUT2D eigenvalue weighted by Crippen LogP contribution is 2.52. The zero-order chi connectivity index (χ0) is 17.6. The number of hydrogen-bond acceptors (Lipinski definition) is 6. The number of hydrogen-bond donors (Lipinski definition) is 2. The summed E-state index contributed by atoms with van der Waals surface area (Å²) in [5.41, 5.74) is 0.316. The molecule has 0 aliphatic carbocycles. The van der Waals surface area contributed by atoms with Gasteiger partial charge < -0.3 is 5.32 Å². The minimum absolute atomic E-state index is 0.0149. The van der Waals surface area contributed by atoms with Crippen LogP contribution in [0.25, 0.3) is 0 Å². The summed E-state index contributed by atoms with van der Waals surface area (Å²) in [6.45, 7) is 5.12. The Balaban J connectivity index is 2.67. The zero-order valence-electron chi connectivity index (χ0n) is 13.1. The summed E-state index contributed by atoms with van der Waals surface area (Å²) >= 11 is 0.650. The number of primary sulfonamides is 1. The van der Waals surface area contributed by atoms with Gasteiger partial charge in [-0.25, -0.2) is 22.0 Å². The van der Waals surface area contributed by atoms with Crippen molar-refractivity contribution in [2.45, 2.75) is 59.2 Å². The van der Waals surface area contributed by atoms with E-state index in [1.807, 2.05) is 6.92 Å². The number of fused-ring (bicyclic) bond motifs is 1. The maximum absolute atomic E-state index is 12.9. The van der Waals surface area contributed by atoms with Gasteiger partial charge >= 0.3 is 0 Å². The first-order valence-corrected chi connectivity index (χ1v) is 11.0. The summed E-state index contributed by atoms with van der Waals surface area (Å²) in [5, 5.41) is 7.84. The molecule has 0 radical (unpaired) electrons. The third-order valence-corrected chi connectivity index (χ3v) is 9.80. The molecule has 1 aromatic heterocycles. The van der Waals surface area contributed by atoms with Gasteiger partial charge in [0.2, 0.25) is 15.9 Å². The van der Waals surface area contributed by atoms with Crippen LogP contribution in [0.3, 0.4) is 0 Å². The van der Waals surface area contributed by atoms with Crippen molar-refractivity contribution in [1.29, 1.82) is 0 Å². The van der Waals surface area contributed by atoms with Gasteiger partial charge in [0.05, 0.1) is 10.8 Å². The number of amides is 1. The van der Waals surface area contributed by atoms with Crippen molar-refractivity contribution in [2.24, 2.45) is 5.14 Å². The summed E-state index contributed by atoms with van der Waals surface area (Å²) in [6, 6.07) is 0.496. The van der Waals surface area contributed by atoms with Gasteiger partial charge in [-0.3, -0.25) is 4.79 Å². The van der Waals surface area contributed by atoms with Gasteiger partial charge in [-0.15, -0.1) is 11.3 Å². The largest absolute Gasteiger partial charge is 0.348 e. The molecule has 0 saturated carbocycles. The SMILES string of the molecule is CCCC1(C)C(NC(=O)CC)c2cc(S(N)(=O)=O)sc2S1(=O)=O. The molecule has 0 saturated heterocycles. The first-order chi connectivity index (χ1) is 10.5. The fourth-order valence-corrected chi connectivity index (χ4v) is 7.87. The van der Waals surface area contributed by atoms with E-state index in [0.29, 0.717) is 29.7 Å². The fraction of sp³-hybridized carbons (Fsp3) is 0.615. The molecule has 1 aliphatic heterocycles. The Morgan fingerprint density at radius 2 is 2.04 bits per heavy atom. The molecule has 2 atom stereocenters. The minimum atomic E-state index is -4.00. The quantitative estimate of drug-likeness (QED) is 0.797. The highest BCUT2D eigenvalue weighted by molar-refractivity contribution is 7.96. The zero-order valence-corrected chi connectivity index (χ0v) is 15.6. The molecule has 2 rings (SSSR count). The Morgan fingerprint density at radius 1 is 1.43 bits per heavy atom. The molecule has 0 fully saturated rings. The van der Waals surface area contributed by atoms with E-state index in [0.717, 1.165) is 0 Å². The van der Waals surface area contributed by atoms with Crippen molar-refractivity contribution in [3.05, 3.63) is 11.6 Å². The highest BCUT2D eigenvalue weighted by Gasteiger charge is 2.56. The molecule has 0 spiro atoms. The van der Waals surface area contributed by atoms with Crippen LogP contribution in [0.5, 0.6) is 0 Å². The van der Waals surface area contributed by atoms with E-state index in [9.17, 15) is 21.6 Å². The molecule has 10 heteroatoms. The number of carbonyl (C=O) groups excluding carboxylic acids is 1. The highest BCUT2D eigenvalue weighted by atomic mass is 32.3. The monoisotopic (exact) mass is 380 g/mol. The van der Waals surface area contributed by atoms with E-state index in [2.05, 4.69) is 5.32 Å². The number of sulfone groups is 1. The maximum Gasteiger partial charge on any atom is 0.247 e. The number of carbonyl (C=O) groups is 1. The van der Waals surface area contributed by atoms with Crippen molar-refractivity contribution in [2.75, 3.05) is 0 Å². The molecular weight excluding hydrogens is 360 g/mol. The molecule has 7 nitrogen and oxygen atoms in total. The molecule has 130 valence electrons. The van der Waals surface area contributed by atoms with E-state index in [1.165, 1.54) is 6.07 Å². The lowest BCUT2D eigenvalue weighted by atomic mass is 9.91. The van der Waals surface area contributed by atoms with Crippen LogP contribution in [0.4, 0.5) is 0 Å². The Labute approximate surface area is 140 Å². The molecule has 23 heavy (non-hydrogen) atoms. The van der Waals surface area contributed by atoms with Crippen molar-refractivity contribution < 1.29 is 21.6 Å². The van der Waals surface area contributed by atoms with E-state index in [1.54, 1.807) is 13.8 Å². The lowest BCUT2D eigenvalue weighted by Gasteiger charge is -2.31. The average molecular weight is 381 g/mol. The third kappa shape index (κ3) is 2.81. The molecular formula is C13H20N2O5S3. The van der Waals surface area contributed by atoms with E-state index in [4.69, 9.17) is 5.14 Å². The van der Waals surface area contributed by atoms with Gasteiger partial charge in [-0.2, -0.15) is 0 Å². The molecule has 2 heterocycles. The lowest BCUT2D eigenvalue weighted by molar-refractivity contribution is -0.121. The van der Waals surface area contributed by atoms with Crippen LogP contribution >= 0.6 is 11.3 Å². The Hall–Kier alpha value is -0.970. The smallest absolute Gasteiger partial charge is 0.247 e.